The van der Waals surface area contributed by atoms with Gasteiger partial charge in [-0.1, -0.05) is 18.2 Å². The van der Waals surface area contributed by atoms with E-state index in [0.717, 1.165) is 17.0 Å². The normalized spacial score (nSPS) is 12.3. The third-order valence-electron chi connectivity index (χ3n) is 3.82. The maximum absolute atomic E-state index is 12.0. The Hall–Kier alpha value is -3.60. The Morgan fingerprint density at radius 2 is 1.69 bits per heavy atom. The third-order valence-corrected chi connectivity index (χ3v) is 3.82. The van der Waals surface area contributed by atoms with Crippen molar-refractivity contribution in [1.82, 2.24) is 0 Å². The Balaban J connectivity index is 1.42. The van der Waals surface area contributed by atoms with Gasteiger partial charge in [-0.25, -0.2) is 4.79 Å². The molecule has 0 N–H and O–H groups in total. The number of esters is 1. The van der Waals surface area contributed by atoms with Crippen molar-refractivity contribution in [1.29, 1.82) is 0 Å². The van der Waals surface area contributed by atoms with Crippen molar-refractivity contribution in [2.45, 2.75) is 0 Å². The molecule has 4 rings (SSSR count). The second-order valence-corrected chi connectivity index (χ2v) is 5.62. The van der Waals surface area contributed by atoms with Crippen LogP contribution in [0, 0.1) is 0 Å². The Morgan fingerprint density at radius 3 is 2.50 bits per heavy atom. The Morgan fingerprint density at radius 1 is 0.923 bits per heavy atom. The lowest BCUT2D eigenvalue weighted by molar-refractivity contribution is 0.0734. The van der Waals surface area contributed by atoms with Crippen molar-refractivity contribution in [3.05, 3.63) is 83.9 Å². The van der Waals surface area contributed by atoms with E-state index in [1.807, 2.05) is 36.4 Å². The topological polar surface area (TPSA) is 57.1 Å². The molecule has 0 unspecified atom stereocenters. The molecule has 3 aromatic carbocycles. The highest BCUT2D eigenvalue weighted by Gasteiger charge is 2.12. The van der Waals surface area contributed by atoms with Crippen LogP contribution in [0.25, 0.3) is 0 Å². The largest absolute Gasteiger partial charge is 0.454 e. The van der Waals surface area contributed by atoms with Crippen molar-refractivity contribution in [3.8, 4) is 17.2 Å². The molecule has 0 bridgehead atoms. The monoisotopic (exact) mass is 345 g/mol. The highest BCUT2D eigenvalue weighted by atomic mass is 16.7. The van der Waals surface area contributed by atoms with E-state index in [-0.39, 0.29) is 12.8 Å². The van der Waals surface area contributed by atoms with Crippen molar-refractivity contribution < 1.29 is 19.0 Å². The number of carbonyl (C=O) groups excluding carboxylic acids is 1. The molecule has 0 saturated heterocycles. The van der Waals surface area contributed by atoms with Crippen molar-refractivity contribution in [2.24, 2.45) is 4.99 Å². The number of aliphatic imine (C=N–C) groups is 1. The van der Waals surface area contributed by atoms with Crippen LogP contribution in [0.4, 0.5) is 5.69 Å². The molecule has 128 valence electrons. The summed E-state index contributed by atoms with van der Waals surface area (Å²) in [5.41, 5.74) is 2.18. The third kappa shape index (κ3) is 3.57. The zero-order valence-corrected chi connectivity index (χ0v) is 13.8. The highest BCUT2D eigenvalue weighted by Crippen LogP contribution is 2.35. The van der Waals surface area contributed by atoms with Gasteiger partial charge >= 0.3 is 5.97 Å². The zero-order valence-electron chi connectivity index (χ0n) is 13.8. The van der Waals surface area contributed by atoms with Crippen molar-refractivity contribution >= 4 is 17.9 Å². The molecule has 26 heavy (non-hydrogen) atoms. The van der Waals surface area contributed by atoms with Gasteiger partial charge in [0.2, 0.25) is 6.79 Å². The lowest BCUT2D eigenvalue weighted by Crippen LogP contribution is -2.07. The van der Waals surface area contributed by atoms with Gasteiger partial charge < -0.3 is 14.2 Å². The average Bonchev–Trinajstić information content (AvgIpc) is 3.16. The zero-order chi connectivity index (χ0) is 17.8. The summed E-state index contributed by atoms with van der Waals surface area (Å²) in [6, 6.07) is 21.6. The highest BCUT2D eigenvalue weighted by molar-refractivity contribution is 5.91. The molecule has 0 fully saturated rings. The quantitative estimate of drug-likeness (QED) is 0.400. The molecule has 5 nitrogen and oxygen atoms in total. The molecule has 0 spiro atoms. The first-order valence-corrected chi connectivity index (χ1v) is 8.09. The Kier molecular flexibility index (Phi) is 4.35. The van der Waals surface area contributed by atoms with Crippen LogP contribution in [0.5, 0.6) is 17.2 Å². The molecule has 0 saturated carbocycles. The number of rotatable bonds is 4. The van der Waals surface area contributed by atoms with Crippen LogP contribution in [0.3, 0.4) is 0 Å². The van der Waals surface area contributed by atoms with Gasteiger partial charge in [-0.15, -0.1) is 0 Å². The summed E-state index contributed by atoms with van der Waals surface area (Å²) in [5, 5.41) is 0. The lowest BCUT2D eigenvalue weighted by Gasteiger charge is -2.04. The number of fused-ring (bicyclic) bond motifs is 1. The number of nitrogens with zero attached hydrogens (tertiary/aromatic N) is 1. The molecule has 1 aliphatic heterocycles. The van der Waals surface area contributed by atoms with Crippen LogP contribution in [0.2, 0.25) is 0 Å². The summed E-state index contributed by atoms with van der Waals surface area (Å²) in [6.07, 6.45) is 1.74. The van der Waals surface area contributed by atoms with Crippen LogP contribution >= 0.6 is 0 Å². The molecule has 0 radical (unpaired) electrons. The van der Waals surface area contributed by atoms with Crippen molar-refractivity contribution in [3.63, 3.8) is 0 Å². The van der Waals surface area contributed by atoms with E-state index in [2.05, 4.69) is 4.99 Å². The van der Waals surface area contributed by atoms with E-state index in [1.54, 1.807) is 42.6 Å². The second kappa shape index (κ2) is 7.11. The number of benzene rings is 3. The molecule has 3 aromatic rings. The van der Waals surface area contributed by atoms with Gasteiger partial charge in [-0.05, 0) is 54.1 Å². The van der Waals surface area contributed by atoms with Gasteiger partial charge in [-0.2, -0.15) is 0 Å². The molecular weight excluding hydrogens is 330 g/mol. The minimum absolute atomic E-state index is 0.242. The van der Waals surface area contributed by atoms with E-state index in [0.29, 0.717) is 17.1 Å². The van der Waals surface area contributed by atoms with Gasteiger partial charge in [0.1, 0.15) is 5.75 Å². The second-order valence-electron chi connectivity index (χ2n) is 5.62. The van der Waals surface area contributed by atoms with Gasteiger partial charge in [0.25, 0.3) is 0 Å². The van der Waals surface area contributed by atoms with Crippen LogP contribution in [-0.4, -0.2) is 19.0 Å². The van der Waals surface area contributed by atoms with E-state index in [1.165, 1.54) is 0 Å². The van der Waals surface area contributed by atoms with Crippen LogP contribution in [-0.2, 0) is 0 Å². The van der Waals surface area contributed by atoms with E-state index >= 15 is 0 Å². The van der Waals surface area contributed by atoms with Crippen LogP contribution in [0.1, 0.15) is 15.9 Å². The fraction of sp³-hybridized carbons (Fsp3) is 0.0476. The summed E-state index contributed by atoms with van der Waals surface area (Å²) in [7, 11) is 0. The van der Waals surface area contributed by atoms with Gasteiger partial charge in [0.15, 0.2) is 11.5 Å². The summed E-state index contributed by atoms with van der Waals surface area (Å²) in [5.74, 6) is 1.53. The number of hydrogen-bond donors (Lipinski definition) is 0. The molecular formula is C21H15NO4. The van der Waals surface area contributed by atoms with Gasteiger partial charge in [0, 0.05) is 12.3 Å². The fourth-order valence-electron chi connectivity index (χ4n) is 2.48. The summed E-state index contributed by atoms with van der Waals surface area (Å²) in [4.78, 5) is 16.5. The maximum atomic E-state index is 12.0. The minimum Gasteiger partial charge on any atom is -0.454 e. The predicted molar refractivity (Wildman–Crippen MR) is 97.7 cm³/mol. The molecule has 1 heterocycles. The molecule has 1 aliphatic rings. The van der Waals surface area contributed by atoms with Gasteiger partial charge in [-0.3, -0.25) is 4.99 Å². The maximum Gasteiger partial charge on any atom is 0.343 e. The van der Waals surface area contributed by atoms with E-state index in [9.17, 15) is 4.79 Å². The standard InChI is InChI=1S/C21H15NO4/c23-21(16-4-2-1-3-5-16)26-18-9-6-15(7-10-18)13-22-17-8-11-19-20(12-17)25-14-24-19/h1-13H,14H2. The molecule has 0 aromatic heterocycles. The first-order chi connectivity index (χ1) is 12.8. The van der Waals surface area contributed by atoms with Gasteiger partial charge in [0.05, 0.1) is 11.3 Å². The van der Waals surface area contributed by atoms with Crippen molar-refractivity contribution in [2.75, 3.05) is 6.79 Å². The summed E-state index contributed by atoms with van der Waals surface area (Å²) < 4.78 is 16.0. The van der Waals surface area contributed by atoms with Crippen LogP contribution in [0.15, 0.2) is 77.8 Å². The molecule has 0 atom stereocenters. The Labute approximate surface area is 150 Å². The fourth-order valence-corrected chi connectivity index (χ4v) is 2.48. The van der Waals surface area contributed by atoms with E-state index in [4.69, 9.17) is 14.2 Å². The van der Waals surface area contributed by atoms with E-state index < -0.39 is 0 Å². The lowest BCUT2D eigenvalue weighted by atomic mass is 10.2. The molecule has 5 heteroatoms. The number of ether oxygens (including phenoxy) is 3. The van der Waals surface area contributed by atoms with Crippen LogP contribution < -0.4 is 14.2 Å². The number of carbonyl (C=O) groups is 1. The SMILES string of the molecule is O=C(Oc1ccc(C=Nc2ccc3c(c2)OCO3)cc1)c1ccccc1. The smallest absolute Gasteiger partial charge is 0.343 e. The molecule has 0 amide bonds. The first kappa shape index (κ1) is 15.9. The Bertz CT molecular complexity index is 950. The predicted octanol–water partition coefficient (Wildman–Crippen LogP) is 4.39. The molecule has 0 aliphatic carbocycles. The summed E-state index contributed by atoms with van der Waals surface area (Å²) in [6.45, 7) is 0.242. The first-order valence-electron chi connectivity index (χ1n) is 8.09. The average molecular weight is 345 g/mol. The minimum atomic E-state index is -0.382. The summed E-state index contributed by atoms with van der Waals surface area (Å²) >= 11 is 0. The number of hydrogen-bond acceptors (Lipinski definition) is 5.